The molecule has 2 amide bonds. The lowest BCUT2D eigenvalue weighted by Crippen LogP contribution is -2.74. The average Bonchev–Trinajstić information content (AvgIpc) is 3.37. The lowest BCUT2D eigenvalue weighted by Gasteiger charge is -2.53. The number of hydrogen-bond donors (Lipinski definition) is 5. The Morgan fingerprint density at radius 2 is 2.16 bits per heavy atom. The van der Waals surface area contributed by atoms with Gasteiger partial charge in [-0.3, -0.25) is 19.6 Å². The predicted molar refractivity (Wildman–Crippen MR) is 142 cm³/mol. The third kappa shape index (κ3) is 5.00. The van der Waals surface area contributed by atoms with E-state index in [0.29, 0.717) is 27.4 Å². The number of halogens is 1. The van der Waals surface area contributed by atoms with Crippen molar-refractivity contribution >= 4 is 75.9 Å². The number of nitrogens with zero attached hydrogens (tertiary/aromatic N) is 5. The second kappa shape index (κ2) is 10.3. The van der Waals surface area contributed by atoms with Crippen LogP contribution in [0, 0.1) is 5.41 Å². The number of anilines is 1. The number of hydroxylamine groups is 1. The Balaban J connectivity index is 0.00000320. The Bertz CT molecular complexity index is 1240. The highest BCUT2D eigenvalue weighted by atomic mass is 35.5. The zero-order chi connectivity index (χ0) is 25.8. The zero-order valence-corrected chi connectivity index (χ0v) is 23.0. The number of fused-ring (bicyclic) bond motifs is 2. The summed E-state index contributed by atoms with van der Waals surface area (Å²) in [5.74, 6) is -0.620. The van der Waals surface area contributed by atoms with E-state index in [-0.39, 0.29) is 54.1 Å². The summed E-state index contributed by atoms with van der Waals surface area (Å²) in [5.41, 5.74) is 8.96. The van der Waals surface area contributed by atoms with Gasteiger partial charge in [0.25, 0.3) is 0 Å². The number of aliphatic imine (C=N–C) groups is 1. The first-order valence-corrected chi connectivity index (χ1v) is 13.8. The highest BCUT2D eigenvalue weighted by molar-refractivity contribution is 8.03. The van der Waals surface area contributed by atoms with Crippen LogP contribution < -0.4 is 16.6 Å². The molecule has 1 aromatic heterocycles. The largest absolute Gasteiger partial charge is 0.481 e. The molecule has 1 aromatic rings. The highest BCUT2D eigenvalue weighted by Crippen LogP contribution is 2.45. The summed E-state index contributed by atoms with van der Waals surface area (Å²) in [6.07, 6.45) is 1.83. The molecule has 0 radical (unpaired) electrons. The van der Waals surface area contributed by atoms with Crippen molar-refractivity contribution in [3.05, 3.63) is 33.7 Å². The Kier molecular flexibility index (Phi) is 7.69. The molecule has 3 atom stereocenters. The lowest BCUT2D eigenvalue weighted by molar-refractivity contribution is -0.157. The first-order chi connectivity index (χ1) is 17.1. The maximum absolute atomic E-state index is 12.8. The highest BCUT2D eigenvalue weighted by Gasteiger charge is 2.57. The van der Waals surface area contributed by atoms with Crippen LogP contribution in [0.15, 0.2) is 33.0 Å². The fourth-order valence-corrected chi connectivity index (χ4v) is 7.70. The van der Waals surface area contributed by atoms with Gasteiger partial charge >= 0.3 is 5.97 Å². The van der Waals surface area contributed by atoms with Crippen molar-refractivity contribution in [1.82, 2.24) is 30.9 Å². The van der Waals surface area contributed by atoms with Gasteiger partial charge < -0.3 is 21.1 Å². The maximum Gasteiger partial charge on any atom is 0.313 e. The van der Waals surface area contributed by atoms with Gasteiger partial charge in [0.1, 0.15) is 22.5 Å². The molecule has 13 nitrogen and oxygen atoms in total. The van der Waals surface area contributed by atoms with E-state index in [9.17, 15) is 24.7 Å². The van der Waals surface area contributed by atoms with Crippen molar-refractivity contribution in [2.24, 2.45) is 10.4 Å². The molecule has 0 spiro atoms. The molecule has 2 saturated heterocycles. The normalized spacial score (nSPS) is 26.6. The van der Waals surface area contributed by atoms with E-state index in [0.717, 1.165) is 10.9 Å². The van der Waals surface area contributed by atoms with Crippen LogP contribution in [-0.4, -0.2) is 83.3 Å². The van der Waals surface area contributed by atoms with Crippen molar-refractivity contribution in [2.75, 3.05) is 23.8 Å². The minimum atomic E-state index is -1.19. The number of thioether (sulfide) groups is 2. The minimum Gasteiger partial charge on any atom is -0.481 e. The predicted octanol–water partition coefficient (Wildman–Crippen LogP) is 0.825. The van der Waals surface area contributed by atoms with Crippen LogP contribution >= 0.6 is 47.3 Å². The first kappa shape index (κ1) is 27.5. The number of rotatable bonds is 7. The molecule has 4 aliphatic heterocycles. The molecule has 17 heteroatoms. The van der Waals surface area contributed by atoms with Gasteiger partial charge in [0.2, 0.25) is 11.8 Å². The fraction of sp³-hybridized carbons (Fsp3) is 0.450. The molecule has 6 N–H and O–H groups in total. The molecule has 37 heavy (non-hydrogen) atoms. The second-order valence-electron chi connectivity index (χ2n) is 8.83. The number of nitrogens with one attached hydrogen (secondary N) is 2. The zero-order valence-electron chi connectivity index (χ0n) is 19.7. The summed E-state index contributed by atoms with van der Waals surface area (Å²) in [7, 11) is 0. The van der Waals surface area contributed by atoms with E-state index in [4.69, 9.17) is 5.73 Å². The Labute approximate surface area is 230 Å². The topological polar surface area (TPSA) is 177 Å². The summed E-state index contributed by atoms with van der Waals surface area (Å²) in [5, 5.41) is 27.8. The number of allylic oxidation sites excluding steroid dienone is 2. The van der Waals surface area contributed by atoms with Crippen molar-refractivity contribution in [3.8, 4) is 0 Å². The molecule has 0 aliphatic carbocycles. The van der Waals surface area contributed by atoms with Crippen LogP contribution in [0.3, 0.4) is 0 Å². The van der Waals surface area contributed by atoms with Gasteiger partial charge in [-0.15, -0.1) is 52.8 Å². The van der Waals surface area contributed by atoms with Crippen LogP contribution in [0.2, 0.25) is 0 Å². The van der Waals surface area contributed by atoms with Gasteiger partial charge in [-0.05, 0) is 19.9 Å². The number of nitrogen functional groups attached to an aromatic ring is 1. The van der Waals surface area contributed by atoms with Crippen LogP contribution in [0.5, 0.6) is 0 Å². The number of thiazole rings is 1. The van der Waals surface area contributed by atoms with E-state index in [1.807, 2.05) is 6.92 Å². The third-order valence-electron chi connectivity index (χ3n) is 6.21. The number of aliphatic carboxylic acids is 1. The second-order valence-corrected chi connectivity index (χ2v) is 11.8. The number of carbonyl (C=O) groups is 3. The van der Waals surface area contributed by atoms with E-state index < -0.39 is 17.4 Å². The van der Waals surface area contributed by atoms with Gasteiger partial charge in [-0.1, -0.05) is 0 Å². The third-order valence-corrected chi connectivity index (χ3v) is 9.81. The van der Waals surface area contributed by atoms with Crippen molar-refractivity contribution in [1.29, 1.82) is 0 Å². The van der Waals surface area contributed by atoms with E-state index in [2.05, 4.69) is 20.8 Å². The quantitative estimate of drug-likeness (QED) is 0.284. The number of amides is 2. The molecule has 5 heterocycles. The number of hydrazine groups is 2. The van der Waals surface area contributed by atoms with E-state index in [1.54, 1.807) is 23.4 Å². The molecular formula is C20H25ClN8O5S3. The summed E-state index contributed by atoms with van der Waals surface area (Å²) < 4.78 is 0. The fourth-order valence-electron chi connectivity index (χ4n) is 4.22. The number of β-lactam (4-membered cyclic amide) rings is 1. The average molecular weight is 589 g/mol. The van der Waals surface area contributed by atoms with Crippen LogP contribution in [0.1, 0.15) is 19.5 Å². The Hall–Kier alpha value is -2.50. The molecule has 200 valence electrons. The SMILES string of the molecule is CC1=NC2=C(C)N(O)NN2C(SCC2(C(=O)O)CS[C@@H]3C(NC(=O)Cc4csc(N)n4)C(=O)N3C2)=C1.Cl. The monoisotopic (exact) mass is 588 g/mol. The van der Waals surface area contributed by atoms with Gasteiger partial charge in [-0.2, -0.15) is 5.17 Å². The van der Waals surface area contributed by atoms with E-state index in [1.165, 1.54) is 39.8 Å². The van der Waals surface area contributed by atoms with Crippen molar-refractivity contribution in [2.45, 2.75) is 31.7 Å². The number of nitrogens with two attached hydrogens (primary N) is 1. The van der Waals surface area contributed by atoms with Gasteiger partial charge in [0.15, 0.2) is 11.0 Å². The Morgan fingerprint density at radius 1 is 1.41 bits per heavy atom. The number of carbonyl (C=O) groups excluding carboxylic acids is 2. The van der Waals surface area contributed by atoms with Crippen LogP contribution in [-0.2, 0) is 20.8 Å². The van der Waals surface area contributed by atoms with Gasteiger partial charge in [0.05, 0.1) is 17.1 Å². The Morgan fingerprint density at radius 3 is 2.84 bits per heavy atom. The number of carboxylic acids is 1. The summed E-state index contributed by atoms with van der Waals surface area (Å²) >= 11 is 3.91. The molecule has 2 unspecified atom stereocenters. The van der Waals surface area contributed by atoms with Crippen molar-refractivity contribution in [3.63, 3.8) is 0 Å². The molecule has 5 rings (SSSR count). The van der Waals surface area contributed by atoms with E-state index >= 15 is 0 Å². The van der Waals surface area contributed by atoms with Gasteiger partial charge in [0, 0.05) is 29.1 Å². The number of carboxylic acid groups (broad SMARTS) is 1. The number of aromatic nitrogens is 1. The maximum atomic E-state index is 12.8. The van der Waals surface area contributed by atoms with Crippen LogP contribution in [0.4, 0.5) is 5.13 Å². The molecule has 0 aromatic carbocycles. The number of hydrogen-bond acceptors (Lipinski definition) is 13. The van der Waals surface area contributed by atoms with Crippen LogP contribution in [0.25, 0.3) is 0 Å². The molecule has 0 saturated carbocycles. The lowest BCUT2D eigenvalue weighted by atomic mass is 9.89. The standard InChI is InChI=1S/C20H24N8O5S3.ClH/c1-9-3-13(27-15(22-9)10(2)28(33)25-27)35-7-20(18(31)32)6-26-16(30)14(17(26)36-8-20)24-12(29)4-11-5-34-19(21)23-11;/h3,5,14,17,25,33H,4,6-8H2,1-2H3,(H2,21,23)(H,24,29)(H,31,32);1H/t14?,17-,20?;/m1./s1. The molecule has 4 aliphatic rings. The molecule has 0 bridgehead atoms. The summed E-state index contributed by atoms with van der Waals surface area (Å²) in [6.45, 7) is 3.58. The van der Waals surface area contributed by atoms with Gasteiger partial charge in [-0.25, -0.2) is 15.0 Å². The van der Waals surface area contributed by atoms with Crippen molar-refractivity contribution < 1.29 is 24.7 Å². The smallest absolute Gasteiger partial charge is 0.313 e. The molecular weight excluding hydrogens is 564 g/mol. The summed E-state index contributed by atoms with van der Waals surface area (Å²) in [4.78, 5) is 47.7. The first-order valence-electron chi connectivity index (χ1n) is 10.9. The molecule has 2 fully saturated rings. The minimum absolute atomic E-state index is 0. The summed E-state index contributed by atoms with van der Waals surface area (Å²) in [6, 6.07) is -0.696.